The Labute approximate surface area is 247 Å². The van der Waals surface area contributed by atoms with Gasteiger partial charge in [-0.25, -0.2) is 4.39 Å². The first kappa shape index (κ1) is 31.1. The Kier molecular flexibility index (Phi) is 9.50. The maximum atomic E-state index is 15.9. The van der Waals surface area contributed by atoms with Crippen molar-refractivity contribution >= 4 is 41.1 Å². The Morgan fingerprint density at radius 1 is 1.23 bits per heavy atom. The van der Waals surface area contributed by atoms with E-state index in [0.29, 0.717) is 49.3 Å². The molecule has 1 amide bonds. The first-order valence-corrected chi connectivity index (χ1v) is 15.1. The first-order chi connectivity index (χ1) is 18.8. The van der Waals surface area contributed by atoms with Crippen LogP contribution in [0.2, 0.25) is 5.02 Å². The minimum atomic E-state index is -1.22. The lowest BCUT2D eigenvalue weighted by Crippen LogP contribution is -2.53. The van der Waals surface area contributed by atoms with Crippen LogP contribution in [0.25, 0.3) is 0 Å². The van der Waals surface area contributed by atoms with Gasteiger partial charge in [0.05, 0.1) is 22.6 Å². The fourth-order valence-corrected chi connectivity index (χ4v) is 7.91. The van der Waals surface area contributed by atoms with E-state index in [1.807, 2.05) is 13.0 Å². The van der Waals surface area contributed by atoms with Crippen LogP contribution in [0.3, 0.4) is 0 Å². The van der Waals surface area contributed by atoms with E-state index in [2.05, 4.69) is 36.4 Å². The van der Waals surface area contributed by atoms with Gasteiger partial charge in [-0.2, -0.15) is 0 Å². The molecule has 1 aliphatic heterocycles. The van der Waals surface area contributed by atoms with Crippen LogP contribution in [0.5, 0.6) is 0 Å². The molecule has 4 rings (SSSR count). The summed E-state index contributed by atoms with van der Waals surface area (Å²) in [6.45, 7) is 8.32. The quantitative estimate of drug-likeness (QED) is 0.364. The number of hydrogen-bond acceptors (Lipinski definition) is 5. The third-order valence-corrected chi connectivity index (χ3v) is 9.58. The summed E-state index contributed by atoms with van der Waals surface area (Å²) >= 11 is 12.8. The highest BCUT2D eigenvalue weighted by molar-refractivity contribution is 6.32. The molecule has 220 valence electrons. The third-order valence-electron chi connectivity index (χ3n) is 9.03. The van der Waals surface area contributed by atoms with Crippen molar-refractivity contribution in [2.75, 3.05) is 7.05 Å². The lowest BCUT2D eigenvalue weighted by molar-refractivity contribution is -0.125. The molecule has 3 N–H and O–H groups in total. The second-order valence-electron chi connectivity index (χ2n) is 13.1. The van der Waals surface area contributed by atoms with Crippen molar-refractivity contribution in [2.45, 2.75) is 96.4 Å². The molecular formula is C31H42Cl2FN3O3. The Hall–Kier alpha value is -1.80. The molecule has 0 spiro atoms. The lowest BCUT2D eigenvalue weighted by Gasteiger charge is -2.47. The van der Waals surface area contributed by atoms with Crippen molar-refractivity contribution in [1.29, 1.82) is 0 Å². The predicted octanol–water partition coefficient (Wildman–Crippen LogP) is 5.79. The fourth-order valence-electron chi connectivity index (χ4n) is 7.38. The van der Waals surface area contributed by atoms with Gasteiger partial charge in [0, 0.05) is 41.7 Å². The van der Waals surface area contributed by atoms with Crippen LogP contribution in [0.1, 0.15) is 77.7 Å². The molecule has 6 unspecified atom stereocenters. The number of aldehydes is 1. The van der Waals surface area contributed by atoms with Gasteiger partial charge in [0.25, 0.3) is 0 Å². The van der Waals surface area contributed by atoms with Crippen LogP contribution in [-0.4, -0.2) is 54.3 Å². The molecule has 6 atom stereocenters. The van der Waals surface area contributed by atoms with E-state index in [1.165, 1.54) is 6.07 Å². The second kappa shape index (κ2) is 12.2. The minimum absolute atomic E-state index is 0.0546. The number of aliphatic imine (C=N–C) groups is 1. The zero-order chi connectivity index (χ0) is 29.4. The Balaban J connectivity index is 1.91. The number of nitrogens with zero attached hydrogens (tertiary/aromatic N) is 1. The summed E-state index contributed by atoms with van der Waals surface area (Å²) in [5.74, 6) is -2.25. The molecular weight excluding hydrogens is 552 g/mol. The molecule has 1 saturated carbocycles. The summed E-state index contributed by atoms with van der Waals surface area (Å²) < 4.78 is 15.9. The zero-order valence-corrected chi connectivity index (χ0v) is 25.5. The zero-order valence-electron chi connectivity index (χ0n) is 24.0. The van der Waals surface area contributed by atoms with Crippen LogP contribution in [0, 0.1) is 28.5 Å². The molecule has 3 aliphatic rings. The molecule has 1 saturated heterocycles. The molecule has 1 aromatic carbocycles. The molecule has 0 radical (unpaired) electrons. The molecule has 0 bridgehead atoms. The van der Waals surface area contributed by atoms with E-state index in [4.69, 9.17) is 23.2 Å². The van der Waals surface area contributed by atoms with Crippen molar-refractivity contribution in [3.05, 3.63) is 45.7 Å². The van der Waals surface area contributed by atoms with E-state index in [0.717, 1.165) is 6.29 Å². The van der Waals surface area contributed by atoms with Gasteiger partial charge in [0.15, 0.2) is 0 Å². The molecule has 1 aromatic rings. The number of aliphatic hydroxyl groups excluding tert-OH is 1. The molecule has 6 nitrogen and oxygen atoms in total. The van der Waals surface area contributed by atoms with Crippen LogP contribution < -0.4 is 10.6 Å². The van der Waals surface area contributed by atoms with Crippen molar-refractivity contribution in [3.63, 3.8) is 0 Å². The molecule has 2 fully saturated rings. The van der Waals surface area contributed by atoms with Crippen molar-refractivity contribution < 1.29 is 19.1 Å². The largest absolute Gasteiger partial charge is 0.393 e. The van der Waals surface area contributed by atoms with Crippen LogP contribution in [0.4, 0.5) is 4.39 Å². The highest BCUT2D eigenvalue weighted by Crippen LogP contribution is 2.57. The molecule has 9 heteroatoms. The van der Waals surface area contributed by atoms with Crippen molar-refractivity contribution in [3.8, 4) is 0 Å². The average molecular weight is 595 g/mol. The van der Waals surface area contributed by atoms with Crippen molar-refractivity contribution in [2.24, 2.45) is 27.7 Å². The average Bonchev–Trinajstić information content (AvgIpc) is 3.19. The number of hydrogen-bond donors (Lipinski definition) is 3. The Bertz CT molecular complexity index is 1170. The smallest absolute Gasteiger partial charge is 0.238 e. The van der Waals surface area contributed by atoms with Gasteiger partial charge in [0.1, 0.15) is 12.1 Å². The number of amides is 1. The summed E-state index contributed by atoms with van der Waals surface area (Å²) in [6.07, 6.45) is 6.08. The number of nitrogens with one attached hydrogen (secondary N) is 2. The summed E-state index contributed by atoms with van der Waals surface area (Å²) in [4.78, 5) is 32.4. The van der Waals surface area contributed by atoms with E-state index >= 15 is 4.39 Å². The number of carbonyl (C=O) groups is 2. The van der Waals surface area contributed by atoms with Gasteiger partial charge < -0.3 is 20.5 Å². The minimum Gasteiger partial charge on any atom is -0.393 e. The number of benzene rings is 1. The second-order valence-corrected chi connectivity index (χ2v) is 14.0. The SMILES string of the molecule is CN=C1C=C(Cl)CC(C)C1C1(C=O)C(CC(C)(C)C)NC(C(=O)NC2CCC(O)CC2)C1c1cccc(Cl)c1F. The van der Waals surface area contributed by atoms with E-state index in [9.17, 15) is 14.7 Å². The fraction of sp³-hybridized carbons (Fsp3) is 0.645. The maximum absolute atomic E-state index is 15.9. The van der Waals surface area contributed by atoms with Gasteiger partial charge in [-0.1, -0.05) is 63.0 Å². The molecule has 0 aromatic heterocycles. The van der Waals surface area contributed by atoms with E-state index in [1.54, 1.807) is 19.2 Å². The number of halogens is 3. The summed E-state index contributed by atoms with van der Waals surface area (Å²) in [6, 6.07) is 3.35. The highest BCUT2D eigenvalue weighted by Gasteiger charge is 2.64. The Morgan fingerprint density at radius 3 is 2.50 bits per heavy atom. The summed E-state index contributed by atoms with van der Waals surface area (Å²) in [5, 5.41) is 17.3. The van der Waals surface area contributed by atoms with Gasteiger partial charge in [0.2, 0.25) is 5.91 Å². The number of rotatable bonds is 6. The van der Waals surface area contributed by atoms with Gasteiger partial charge >= 0.3 is 0 Å². The van der Waals surface area contributed by atoms with Crippen molar-refractivity contribution in [1.82, 2.24) is 10.6 Å². The summed E-state index contributed by atoms with van der Waals surface area (Å²) in [5.41, 5.74) is -0.507. The van der Waals surface area contributed by atoms with Crippen LogP contribution in [-0.2, 0) is 9.59 Å². The standard InChI is InChI=1S/C31H42Cl2FN3O3/c1-17-13-18(32)14-23(35-5)25(17)31(16-38)24(15-30(2,3)4)37-28(26(31)21-7-6-8-22(33)27(21)34)29(40)36-19-9-11-20(39)12-10-19/h6-8,14,16-17,19-20,24-26,28,37,39H,9-13,15H2,1-5H3,(H,36,40). The first-order valence-electron chi connectivity index (χ1n) is 14.3. The van der Waals surface area contributed by atoms with Crippen LogP contribution in [0.15, 0.2) is 34.3 Å². The third kappa shape index (κ3) is 6.04. The summed E-state index contributed by atoms with van der Waals surface area (Å²) in [7, 11) is 1.68. The number of allylic oxidation sites excluding steroid dienone is 2. The lowest BCUT2D eigenvalue weighted by atomic mass is 9.55. The topological polar surface area (TPSA) is 90.8 Å². The predicted molar refractivity (Wildman–Crippen MR) is 158 cm³/mol. The van der Waals surface area contributed by atoms with Gasteiger partial charge in [-0.3, -0.25) is 9.79 Å². The van der Waals surface area contributed by atoms with E-state index in [-0.39, 0.29) is 40.0 Å². The normalized spacial score (nSPS) is 35.9. The van der Waals surface area contributed by atoms with Gasteiger partial charge in [-0.05, 0) is 67.6 Å². The Morgan fingerprint density at radius 2 is 1.90 bits per heavy atom. The van der Waals surface area contributed by atoms with E-state index < -0.39 is 35.2 Å². The van der Waals surface area contributed by atoms with Gasteiger partial charge in [-0.15, -0.1) is 0 Å². The number of aliphatic hydroxyl groups is 1. The maximum Gasteiger partial charge on any atom is 0.238 e. The highest BCUT2D eigenvalue weighted by atomic mass is 35.5. The molecule has 2 aliphatic carbocycles. The monoisotopic (exact) mass is 593 g/mol. The molecule has 1 heterocycles. The molecule has 40 heavy (non-hydrogen) atoms. The van der Waals surface area contributed by atoms with Crippen LogP contribution >= 0.6 is 23.2 Å². The number of carbonyl (C=O) groups excluding carboxylic acids is 2.